The Labute approximate surface area is 193 Å². The molecule has 7 heteroatoms. The highest BCUT2D eigenvalue weighted by Gasteiger charge is 2.26. The third-order valence-corrected chi connectivity index (χ3v) is 6.26. The van der Waals surface area contributed by atoms with E-state index in [1.54, 1.807) is 30.0 Å². The van der Waals surface area contributed by atoms with Crippen molar-refractivity contribution >= 4 is 46.8 Å². The molecule has 2 aromatic rings. The van der Waals surface area contributed by atoms with E-state index in [9.17, 15) is 9.59 Å². The van der Waals surface area contributed by atoms with Gasteiger partial charge in [-0.3, -0.25) is 9.59 Å². The van der Waals surface area contributed by atoms with E-state index >= 15 is 0 Å². The molecule has 2 amide bonds. The van der Waals surface area contributed by atoms with Gasteiger partial charge in [0.25, 0.3) is 0 Å². The van der Waals surface area contributed by atoms with E-state index in [-0.39, 0.29) is 23.6 Å². The monoisotopic (exact) mass is 466 g/mol. The summed E-state index contributed by atoms with van der Waals surface area (Å²) in [4.78, 5) is 27.3. The summed E-state index contributed by atoms with van der Waals surface area (Å²) in [6, 6.07) is 12.8. The van der Waals surface area contributed by atoms with E-state index in [1.165, 1.54) is 11.8 Å². The van der Waals surface area contributed by atoms with Gasteiger partial charge in [-0.2, -0.15) is 0 Å². The van der Waals surface area contributed by atoms with Gasteiger partial charge in [0.05, 0.1) is 5.75 Å². The molecule has 1 atom stereocenters. The van der Waals surface area contributed by atoms with Crippen LogP contribution in [0.5, 0.6) is 0 Å². The zero-order valence-corrected chi connectivity index (χ0v) is 20.1. The molecule has 0 aliphatic carbocycles. The summed E-state index contributed by atoms with van der Waals surface area (Å²) in [6.45, 7) is 7.96. The number of thioether (sulfide) groups is 1. The number of hydrogen-bond donors (Lipinski definition) is 1. The van der Waals surface area contributed by atoms with Crippen LogP contribution in [0.2, 0.25) is 10.0 Å². The Morgan fingerprint density at radius 1 is 1.03 bits per heavy atom. The van der Waals surface area contributed by atoms with Gasteiger partial charge >= 0.3 is 0 Å². The quantitative estimate of drug-likeness (QED) is 0.532. The van der Waals surface area contributed by atoms with Crippen LogP contribution in [-0.2, 0) is 21.9 Å². The van der Waals surface area contributed by atoms with Crippen LogP contribution in [0.3, 0.4) is 0 Å². The molecule has 0 saturated heterocycles. The van der Waals surface area contributed by atoms with Crippen LogP contribution in [0, 0.1) is 6.92 Å². The summed E-state index contributed by atoms with van der Waals surface area (Å²) in [7, 11) is 0. The van der Waals surface area contributed by atoms with E-state index in [4.69, 9.17) is 23.2 Å². The molecule has 0 bridgehead atoms. The van der Waals surface area contributed by atoms with Crippen molar-refractivity contribution in [1.29, 1.82) is 0 Å². The molecule has 0 aliphatic rings. The summed E-state index contributed by atoms with van der Waals surface area (Å²) >= 11 is 13.9. The highest BCUT2D eigenvalue weighted by atomic mass is 35.5. The maximum absolute atomic E-state index is 13.1. The average Bonchev–Trinajstić information content (AvgIpc) is 2.68. The topological polar surface area (TPSA) is 49.4 Å². The van der Waals surface area contributed by atoms with Gasteiger partial charge in [-0.1, -0.05) is 59.1 Å². The molecule has 162 valence electrons. The predicted octanol–water partition coefficient (Wildman–Crippen LogP) is 5.48. The van der Waals surface area contributed by atoms with Crippen molar-refractivity contribution in [3.8, 4) is 0 Å². The van der Waals surface area contributed by atoms with Gasteiger partial charge in [-0.15, -0.1) is 11.8 Å². The number of carbonyl (C=O) groups is 2. The Kier molecular flexibility index (Phi) is 9.53. The van der Waals surface area contributed by atoms with Gasteiger partial charge in [0.1, 0.15) is 6.04 Å². The van der Waals surface area contributed by atoms with Crippen LogP contribution in [0.4, 0.5) is 0 Å². The van der Waals surface area contributed by atoms with Gasteiger partial charge in [0, 0.05) is 28.4 Å². The smallest absolute Gasteiger partial charge is 0.242 e. The van der Waals surface area contributed by atoms with E-state index in [0.717, 1.165) is 16.7 Å². The molecule has 1 unspecified atom stereocenters. The highest BCUT2D eigenvalue weighted by molar-refractivity contribution is 7.99. The number of halogens is 2. The lowest BCUT2D eigenvalue weighted by Crippen LogP contribution is -2.49. The van der Waals surface area contributed by atoms with Crippen LogP contribution < -0.4 is 5.32 Å². The van der Waals surface area contributed by atoms with Gasteiger partial charge in [0.15, 0.2) is 0 Å². The SMILES string of the molecule is Cc1ccc(CN(C(=O)CSCc2c(Cl)cccc2Cl)C(C)C(=O)NC(C)C)cc1. The second-order valence-electron chi connectivity index (χ2n) is 7.54. The molecule has 0 fully saturated rings. The number of hydrogen-bond acceptors (Lipinski definition) is 3. The third kappa shape index (κ3) is 7.22. The maximum Gasteiger partial charge on any atom is 0.242 e. The van der Waals surface area contributed by atoms with Crippen molar-refractivity contribution < 1.29 is 9.59 Å². The van der Waals surface area contributed by atoms with Crippen molar-refractivity contribution in [3.05, 3.63) is 69.2 Å². The molecule has 2 rings (SSSR count). The van der Waals surface area contributed by atoms with Gasteiger partial charge < -0.3 is 10.2 Å². The van der Waals surface area contributed by atoms with Crippen LogP contribution in [0.15, 0.2) is 42.5 Å². The molecule has 0 radical (unpaired) electrons. The zero-order valence-electron chi connectivity index (χ0n) is 17.7. The average molecular weight is 467 g/mol. The first-order chi connectivity index (χ1) is 14.2. The Morgan fingerprint density at radius 3 is 2.20 bits per heavy atom. The number of nitrogens with zero attached hydrogens (tertiary/aromatic N) is 1. The first-order valence-corrected chi connectivity index (χ1v) is 11.8. The Balaban J connectivity index is 2.10. The fourth-order valence-electron chi connectivity index (χ4n) is 2.87. The second kappa shape index (κ2) is 11.6. The first-order valence-electron chi connectivity index (χ1n) is 9.85. The third-order valence-electron chi connectivity index (χ3n) is 4.61. The molecular weight excluding hydrogens is 439 g/mol. The number of carbonyl (C=O) groups excluding carboxylic acids is 2. The van der Waals surface area contributed by atoms with E-state index in [1.807, 2.05) is 45.0 Å². The summed E-state index contributed by atoms with van der Waals surface area (Å²) in [5.74, 6) is 0.488. The Bertz CT molecular complexity index is 852. The lowest BCUT2D eigenvalue weighted by Gasteiger charge is -2.29. The molecule has 1 N–H and O–H groups in total. The number of rotatable bonds is 9. The predicted molar refractivity (Wildman–Crippen MR) is 127 cm³/mol. The molecular formula is C23H28Cl2N2O2S. The number of benzene rings is 2. The molecule has 4 nitrogen and oxygen atoms in total. The zero-order chi connectivity index (χ0) is 22.3. The number of nitrogens with one attached hydrogen (secondary N) is 1. The molecule has 0 spiro atoms. The molecule has 30 heavy (non-hydrogen) atoms. The van der Waals surface area contributed by atoms with Crippen molar-refractivity contribution in [2.75, 3.05) is 5.75 Å². The summed E-state index contributed by atoms with van der Waals surface area (Å²) < 4.78 is 0. The molecule has 2 aromatic carbocycles. The minimum atomic E-state index is -0.578. The van der Waals surface area contributed by atoms with Crippen molar-refractivity contribution in [3.63, 3.8) is 0 Å². The first kappa shape index (κ1) is 24.6. The van der Waals surface area contributed by atoms with Crippen molar-refractivity contribution in [2.24, 2.45) is 0 Å². The van der Waals surface area contributed by atoms with E-state index in [0.29, 0.717) is 22.3 Å². The van der Waals surface area contributed by atoms with E-state index in [2.05, 4.69) is 5.32 Å². The van der Waals surface area contributed by atoms with Crippen LogP contribution in [-0.4, -0.2) is 34.6 Å². The Hall–Kier alpha value is -1.69. The van der Waals surface area contributed by atoms with Crippen molar-refractivity contribution in [2.45, 2.75) is 52.1 Å². The van der Waals surface area contributed by atoms with Crippen molar-refractivity contribution in [1.82, 2.24) is 10.2 Å². The molecule has 0 aromatic heterocycles. The van der Waals surface area contributed by atoms with Gasteiger partial charge in [-0.05, 0) is 51.0 Å². The minimum absolute atomic E-state index is 0.00742. The Morgan fingerprint density at radius 2 is 1.63 bits per heavy atom. The van der Waals surface area contributed by atoms with Gasteiger partial charge in [-0.25, -0.2) is 0 Å². The fourth-order valence-corrected chi connectivity index (χ4v) is 4.52. The number of amides is 2. The fraction of sp³-hybridized carbons (Fsp3) is 0.391. The highest BCUT2D eigenvalue weighted by Crippen LogP contribution is 2.28. The van der Waals surface area contributed by atoms with Crippen LogP contribution in [0.25, 0.3) is 0 Å². The van der Waals surface area contributed by atoms with Gasteiger partial charge in [0.2, 0.25) is 11.8 Å². The molecule has 0 saturated carbocycles. The molecule has 0 aliphatic heterocycles. The molecule has 0 heterocycles. The van der Waals surface area contributed by atoms with Crippen LogP contribution in [0.1, 0.15) is 37.5 Å². The standard InChI is InChI=1S/C23H28Cl2N2O2S/c1-15(2)26-23(29)17(4)27(12-18-10-8-16(3)9-11-18)22(28)14-30-13-19-20(24)6-5-7-21(19)25/h5-11,15,17H,12-14H2,1-4H3,(H,26,29). The number of aryl methyl sites for hydroxylation is 1. The lowest BCUT2D eigenvalue weighted by molar-refractivity contribution is -0.138. The normalized spacial score (nSPS) is 12.0. The van der Waals surface area contributed by atoms with E-state index < -0.39 is 6.04 Å². The summed E-state index contributed by atoms with van der Waals surface area (Å²) in [5.41, 5.74) is 2.95. The maximum atomic E-state index is 13.1. The second-order valence-corrected chi connectivity index (χ2v) is 9.34. The summed E-state index contributed by atoms with van der Waals surface area (Å²) in [5, 5.41) is 4.07. The lowest BCUT2D eigenvalue weighted by atomic mass is 10.1. The minimum Gasteiger partial charge on any atom is -0.352 e. The largest absolute Gasteiger partial charge is 0.352 e. The van der Waals surface area contributed by atoms with Crippen LogP contribution >= 0.6 is 35.0 Å². The summed E-state index contributed by atoms with van der Waals surface area (Å²) in [6.07, 6.45) is 0.